The van der Waals surface area contributed by atoms with Crippen LogP contribution >= 0.6 is 0 Å². The highest BCUT2D eigenvalue weighted by Crippen LogP contribution is 2.32. The molecule has 1 saturated carbocycles. The number of nitrogens with one attached hydrogen (secondary N) is 1. The summed E-state index contributed by atoms with van der Waals surface area (Å²) < 4.78 is 9.21. The van der Waals surface area contributed by atoms with E-state index in [1.807, 2.05) is 61.3 Å². The third-order valence-electron chi connectivity index (χ3n) is 7.19. The van der Waals surface area contributed by atoms with Crippen LogP contribution in [-0.2, 0) is 18.3 Å². The molecule has 0 radical (unpaired) electrons. The molecule has 37 heavy (non-hydrogen) atoms. The number of ether oxygens (including phenoxy) is 1. The van der Waals surface area contributed by atoms with Crippen molar-refractivity contribution in [3.8, 4) is 11.3 Å². The van der Waals surface area contributed by atoms with Crippen molar-refractivity contribution in [2.75, 3.05) is 19.1 Å². The van der Waals surface area contributed by atoms with Gasteiger partial charge in [0.25, 0.3) is 5.91 Å². The number of carbonyl (C=O) groups is 1. The van der Waals surface area contributed by atoms with Gasteiger partial charge in [-0.25, -0.2) is 9.97 Å². The average molecular weight is 496 g/mol. The summed E-state index contributed by atoms with van der Waals surface area (Å²) in [5, 5.41) is 8.71. The zero-order chi connectivity index (χ0) is 25.5. The standard InChI is InChI=1S/C28H29N7O2/c1-33(16-18-8-5-4-6-9-18)25-14-23(21-17-34(2)26-19(21)10-7-13-29-26)31-27-20(15-30-35(25)27)28(36)32-22-11-12-24(22)37-3/h4-10,13-15,17,22,24H,11-12,16H2,1-3H3,(H,32,36)/t22?,24-/m0/s1. The van der Waals surface area contributed by atoms with Crippen LogP contribution in [0.15, 0.2) is 67.1 Å². The molecule has 5 aromatic rings. The molecule has 1 N–H and O–H groups in total. The number of hydrogen-bond donors (Lipinski definition) is 1. The maximum absolute atomic E-state index is 13.3. The Labute approximate surface area is 214 Å². The Morgan fingerprint density at radius 3 is 2.76 bits per heavy atom. The Bertz CT molecular complexity index is 1590. The zero-order valence-corrected chi connectivity index (χ0v) is 21.1. The van der Waals surface area contributed by atoms with Gasteiger partial charge in [-0.15, -0.1) is 0 Å². The first-order valence-electron chi connectivity index (χ1n) is 12.4. The molecule has 1 aromatic carbocycles. The molecule has 1 aliphatic rings. The monoisotopic (exact) mass is 495 g/mol. The first-order chi connectivity index (χ1) is 18.0. The van der Waals surface area contributed by atoms with Crippen molar-refractivity contribution >= 4 is 28.4 Å². The first-order valence-corrected chi connectivity index (χ1v) is 12.4. The Morgan fingerprint density at radius 1 is 1.16 bits per heavy atom. The topological polar surface area (TPSA) is 89.6 Å². The Morgan fingerprint density at radius 2 is 2.00 bits per heavy atom. The highest BCUT2D eigenvalue weighted by atomic mass is 16.5. The molecule has 1 amide bonds. The molecule has 188 valence electrons. The van der Waals surface area contributed by atoms with Crippen molar-refractivity contribution in [3.63, 3.8) is 0 Å². The van der Waals surface area contributed by atoms with E-state index in [0.717, 1.165) is 41.0 Å². The summed E-state index contributed by atoms with van der Waals surface area (Å²) in [7, 11) is 5.68. The van der Waals surface area contributed by atoms with Crippen molar-refractivity contribution in [1.29, 1.82) is 0 Å². The normalized spacial score (nSPS) is 17.2. The fourth-order valence-corrected chi connectivity index (χ4v) is 5.03. The second-order valence-corrected chi connectivity index (χ2v) is 9.59. The Hall–Kier alpha value is -4.24. The summed E-state index contributed by atoms with van der Waals surface area (Å²) >= 11 is 0. The molecular formula is C28H29N7O2. The number of carbonyl (C=O) groups excluding carboxylic acids is 1. The van der Waals surface area contributed by atoms with Crippen molar-refractivity contribution in [3.05, 3.63) is 78.2 Å². The summed E-state index contributed by atoms with van der Waals surface area (Å²) in [5.41, 5.74) is 4.71. The fraction of sp³-hybridized carbons (Fsp3) is 0.286. The van der Waals surface area contributed by atoms with Crippen molar-refractivity contribution in [2.24, 2.45) is 7.05 Å². The van der Waals surface area contributed by atoms with Crippen LogP contribution in [0.2, 0.25) is 0 Å². The van der Waals surface area contributed by atoms with Crippen LogP contribution in [0.3, 0.4) is 0 Å². The lowest BCUT2D eigenvalue weighted by Crippen LogP contribution is -2.51. The van der Waals surface area contributed by atoms with E-state index in [9.17, 15) is 4.79 Å². The number of methoxy groups -OCH3 is 1. The average Bonchev–Trinajstić information content (AvgIpc) is 3.48. The lowest BCUT2D eigenvalue weighted by molar-refractivity contribution is 0.00732. The quantitative estimate of drug-likeness (QED) is 0.369. The van der Waals surface area contributed by atoms with E-state index >= 15 is 0 Å². The van der Waals surface area contributed by atoms with E-state index in [4.69, 9.17) is 9.72 Å². The van der Waals surface area contributed by atoms with E-state index in [2.05, 4.69) is 32.4 Å². The number of anilines is 1. The summed E-state index contributed by atoms with van der Waals surface area (Å²) in [6.45, 7) is 0.676. The Kier molecular flexibility index (Phi) is 5.84. The van der Waals surface area contributed by atoms with Crippen molar-refractivity contribution in [2.45, 2.75) is 31.5 Å². The highest BCUT2D eigenvalue weighted by Gasteiger charge is 2.33. The van der Waals surface area contributed by atoms with Gasteiger partial charge in [0.05, 0.1) is 24.0 Å². The predicted octanol–water partition coefficient (Wildman–Crippen LogP) is 3.83. The van der Waals surface area contributed by atoms with Gasteiger partial charge in [-0.2, -0.15) is 9.61 Å². The van der Waals surface area contributed by atoms with Gasteiger partial charge in [0.2, 0.25) is 0 Å². The van der Waals surface area contributed by atoms with E-state index in [1.165, 1.54) is 5.56 Å². The number of amides is 1. The smallest absolute Gasteiger partial charge is 0.257 e. The van der Waals surface area contributed by atoms with Gasteiger partial charge in [0.1, 0.15) is 17.0 Å². The summed E-state index contributed by atoms with van der Waals surface area (Å²) in [4.78, 5) is 25.0. The molecule has 2 atom stereocenters. The van der Waals surface area contributed by atoms with Crippen LogP contribution in [0, 0.1) is 0 Å². The van der Waals surface area contributed by atoms with Gasteiger partial charge in [-0.3, -0.25) is 4.79 Å². The minimum absolute atomic E-state index is 0.00000126. The zero-order valence-electron chi connectivity index (χ0n) is 21.1. The third kappa shape index (κ3) is 4.11. The lowest BCUT2D eigenvalue weighted by Gasteiger charge is -2.35. The number of fused-ring (bicyclic) bond motifs is 2. The fourth-order valence-electron chi connectivity index (χ4n) is 5.03. The number of benzene rings is 1. The second-order valence-electron chi connectivity index (χ2n) is 9.59. The minimum Gasteiger partial charge on any atom is -0.379 e. The minimum atomic E-state index is -0.192. The summed E-state index contributed by atoms with van der Waals surface area (Å²) in [6.07, 6.45) is 7.32. The maximum Gasteiger partial charge on any atom is 0.257 e. The number of hydrogen-bond acceptors (Lipinski definition) is 6. The molecule has 1 unspecified atom stereocenters. The van der Waals surface area contributed by atoms with Gasteiger partial charge in [-0.05, 0) is 30.5 Å². The van der Waals surface area contributed by atoms with E-state index in [-0.39, 0.29) is 18.1 Å². The number of aryl methyl sites for hydroxylation is 1. The molecule has 4 aromatic heterocycles. The van der Waals surface area contributed by atoms with E-state index in [0.29, 0.717) is 17.8 Å². The van der Waals surface area contributed by atoms with E-state index < -0.39 is 0 Å². The van der Waals surface area contributed by atoms with Crippen LogP contribution in [-0.4, -0.2) is 56.4 Å². The van der Waals surface area contributed by atoms with Crippen LogP contribution < -0.4 is 10.2 Å². The molecule has 4 heterocycles. The molecule has 0 spiro atoms. The molecular weight excluding hydrogens is 466 g/mol. The molecule has 0 saturated heterocycles. The molecule has 6 rings (SSSR count). The third-order valence-corrected chi connectivity index (χ3v) is 7.19. The lowest BCUT2D eigenvalue weighted by atomic mass is 9.89. The first kappa shape index (κ1) is 23.2. The highest BCUT2D eigenvalue weighted by molar-refractivity contribution is 6.01. The summed E-state index contributed by atoms with van der Waals surface area (Å²) in [6, 6.07) is 16.3. The molecule has 1 aliphatic carbocycles. The van der Waals surface area contributed by atoms with Gasteiger partial charge in [0.15, 0.2) is 5.65 Å². The molecule has 1 fully saturated rings. The van der Waals surface area contributed by atoms with Gasteiger partial charge in [0, 0.05) is 57.2 Å². The van der Waals surface area contributed by atoms with Gasteiger partial charge >= 0.3 is 0 Å². The van der Waals surface area contributed by atoms with Crippen LogP contribution in [0.25, 0.3) is 27.9 Å². The second kappa shape index (κ2) is 9.33. The molecule has 9 heteroatoms. The Balaban J connectivity index is 1.47. The number of pyridine rings is 1. The van der Waals surface area contributed by atoms with Gasteiger partial charge in [-0.1, -0.05) is 30.3 Å². The van der Waals surface area contributed by atoms with Crippen molar-refractivity contribution < 1.29 is 9.53 Å². The largest absolute Gasteiger partial charge is 0.379 e. The molecule has 0 bridgehead atoms. The van der Waals surface area contributed by atoms with Gasteiger partial charge < -0.3 is 19.5 Å². The SMILES string of the molecule is CO[C@H]1CCC1NC(=O)c1cnn2c(N(C)Cc3ccccc3)cc(-c3cn(C)c4ncccc34)nc12. The van der Waals surface area contributed by atoms with Crippen LogP contribution in [0.1, 0.15) is 28.8 Å². The summed E-state index contributed by atoms with van der Waals surface area (Å²) in [5.74, 6) is 0.643. The van der Waals surface area contributed by atoms with E-state index in [1.54, 1.807) is 24.0 Å². The predicted molar refractivity (Wildman–Crippen MR) is 143 cm³/mol. The molecule has 0 aliphatic heterocycles. The van der Waals surface area contributed by atoms with Crippen LogP contribution in [0.4, 0.5) is 5.82 Å². The number of aromatic nitrogens is 5. The number of rotatable bonds is 7. The van der Waals surface area contributed by atoms with Crippen molar-refractivity contribution in [1.82, 2.24) is 29.5 Å². The number of nitrogens with zero attached hydrogens (tertiary/aromatic N) is 6. The van der Waals surface area contributed by atoms with Crippen LogP contribution in [0.5, 0.6) is 0 Å². The molecule has 9 nitrogen and oxygen atoms in total. The maximum atomic E-state index is 13.3.